The minimum atomic E-state index is 0.0198. The third kappa shape index (κ3) is 3.08. The summed E-state index contributed by atoms with van der Waals surface area (Å²) < 4.78 is 11.4. The summed E-state index contributed by atoms with van der Waals surface area (Å²) >= 11 is 0. The summed E-state index contributed by atoms with van der Waals surface area (Å²) in [5.41, 5.74) is 7.62. The Labute approximate surface area is 133 Å². The second-order valence-electron chi connectivity index (χ2n) is 7.14. The quantitative estimate of drug-likeness (QED) is 0.932. The molecule has 2 heterocycles. The van der Waals surface area contributed by atoms with Gasteiger partial charge in [-0.05, 0) is 24.3 Å². The van der Waals surface area contributed by atoms with Crippen molar-refractivity contribution in [3.05, 3.63) is 23.8 Å². The van der Waals surface area contributed by atoms with Crippen LogP contribution >= 0.6 is 0 Å². The fourth-order valence-electron chi connectivity index (χ4n) is 4.10. The molecule has 4 atom stereocenters. The molecular formula is C18H28N2O2. The van der Waals surface area contributed by atoms with Gasteiger partial charge in [0.15, 0.2) is 11.5 Å². The summed E-state index contributed by atoms with van der Waals surface area (Å²) in [5.74, 6) is 3.51. The molecular weight excluding hydrogens is 276 g/mol. The molecule has 2 N–H and O–H groups in total. The van der Waals surface area contributed by atoms with E-state index in [4.69, 9.17) is 15.2 Å². The molecule has 0 amide bonds. The molecule has 4 heteroatoms. The molecule has 0 aliphatic carbocycles. The van der Waals surface area contributed by atoms with Crippen molar-refractivity contribution in [2.75, 3.05) is 33.4 Å². The number of rotatable bonds is 3. The Bertz CT molecular complexity index is 510. The van der Waals surface area contributed by atoms with E-state index in [9.17, 15) is 0 Å². The zero-order valence-corrected chi connectivity index (χ0v) is 13.9. The van der Waals surface area contributed by atoms with Crippen molar-refractivity contribution in [2.24, 2.45) is 23.5 Å². The lowest BCUT2D eigenvalue weighted by atomic mass is 9.87. The number of para-hydroxylation sites is 1. The number of nitrogens with zero attached hydrogens (tertiary/aromatic N) is 1. The normalized spacial score (nSPS) is 32.2. The molecule has 0 bridgehead atoms. The fraction of sp³-hybridized carbons (Fsp3) is 0.667. The molecule has 1 aromatic carbocycles. The Balaban J connectivity index is 1.71. The zero-order valence-electron chi connectivity index (χ0n) is 13.9. The van der Waals surface area contributed by atoms with E-state index in [0.717, 1.165) is 35.4 Å². The van der Waals surface area contributed by atoms with Crippen LogP contribution in [0.2, 0.25) is 0 Å². The Morgan fingerprint density at radius 3 is 2.68 bits per heavy atom. The van der Waals surface area contributed by atoms with Gasteiger partial charge in [0.2, 0.25) is 0 Å². The lowest BCUT2D eigenvalue weighted by Gasteiger charge is -2.40. The summed E-state index contributed by atoms with van der Waals surface area (Å²) in [5, 5.41) is 0. The van der Waals surface area contributed by atoms with Crippen LogP contribution in [0.4, 0.5) is 0 Å². The van der Waals surface area contributed by atoms with Crippen molar-refractivity contribution < 1.29 is 9.47 Å². The van der Waals surface area contributed by atoms with Gasteiger partial charge in [-0.15, -0.1) is 0 Å². The molecule has 4 unspecified atom stereocenters. The van der Waals surface area contributed by atoms with Crippen molar-refractivity contribution in [1.29, 1.82) is 0 Å². The van der Waals surface area contributed by atoms with Gasteiger partial charge in [-0.1, -0.05) is 26.0 Å². The SMILES string of the molecule is COc1cccc2c1OCC(CN1CC(C)CC(C)C1)C2N. The van der Waals surface area contributed by atoms with Crippen LogP contribution in [0.25, 0.3) is 0 Å². The van der Waals surface area contributed by atoms with Crippen LogP contribution < -0.4 is 15.2 Å². The predicted octanol–water partition coefficient (Wildman–Crippen LogP) is 2.68. The molecule has 1 fully saturated rings. The maximum absolute atomic E-state index is 6.54. The van der Waals surface area contributed by atoms with Crippen molar-refractivity contribution in [3.8, 4) is 11.5 Å². The maximum atomic E-state index is 6.54. The van der Waals surface area contributed by atoms with Crippen molar-refractivity contribution in [2.45, 2.75) is 26.3 Å². The van der Waals surface area contributed by atoms with E-state index in [1.165, 1.54) is 19.5 Å². The number of hydrogen-bond donors (Lipinski definition) is 1. The Kier molecular flexibility index (Phi) is 4.59. The van der Waals surface area contributed by atoms with E-state index in [2.05, 4.69) is 24.8 Å². The molecule has 0 aromatic heterocycles. The van der Waals surface area contributed by atoms with E-state index >= 15 is 0 Å². The molecule has 0 spiro atoms. The van der Waals surface area contributed by atoms with Crippen molar-refractivity contribution in [3.63, 3.8) is 0 Å². The predicted molar refractivity (Wildman–Crippen MR) is 88.3 cm³/mol. The topological polar surface area (TPSA) is 47.7 Å². The maximum Gasteiger partial charge on any atom is 0.165 e. The number of piperidine rings is 1. The summed E-state index contributed by atoms with van der Waals surface area (Å²) in [4.78, 5) is 2.57. The molecule has 2 aliphatic rings. The zero-order chi connectivity index (χ0) is 15.7. The number of ether oxygens (including phenoxy) is 2. The van der Waals surface area contributed by atoms with E-state index in [1.807, 2.05) is 12.1 Å². The summed E-state index contributed by atoms with van der Waals surface area (Å²) in [6, 6.07) is 6.01. The number of likely N-dealkylation sites (tertiary alicyclic amines) is 1. The highest BCUT2D eigenvalue weighted by molar-refractivity contribution is 5.49. The largest absolute Gasteiger partial charge is 0.493 e. The third-order valence-corrected chi connectivity index (χ3v) is 4.98. The molecule has 2 aliphatic heterocycles. The van der Waals surface area contributed by atoms with Gasteiger partial charge in [0.25, 0.3) is 0 Å². The van der Waals surface area contributed by atoms with Crippen LogP contribution in [0.15, 0.2) is 18.2 Å². The second-order valence-corrected chi connectivity index (χ2v) is 7.14. The summed E-state index contributed by atoms with van der Waals surface area (Å²) in [7, 11) is 1.67. The average Bonchev–Trinajstić information content (AvgIpc) is 2.48. The molecule has 1 saturated heterocycles. The molecule has 1 aromatic rings. The fourth-order valence-corrected chi connectivity index (χ4v) is 4.10. The molecule has 122 valence electrons. The third-order valence-electron chi connectivity index (χ3n) is 4.98. The molecule has 4 nitrogen and oxygen atoms in total. The van der Waals surface area contributed by atoms with Gasteiger partial charge >= 0.3 is 0 Å². The number of methoxy groups -OCH3 is 1. The van der Waals surface area contributed by atoms with E-state index < -0.39 is 0 Å². The first-order valence-electron chi connectivity index (χ1n) is 8.36. The monoisotopic (exact) mass is 304 g/mol. The van der Waals surface area contributed by atoms with Gasteiger partial charge in [0, 0.05) is 37.2 Å². The average molecular weight is 304 g/mol. The van der Waals surface area contributed by atoms with Gasteiger partial charge in [-0.2, -0.15) is 0 Å². The first-order chi connectivity index (χ1) is 10.6. The van der Waals surface area contributed by atoms with E-state index in [0.29, 0.717) is 12.5 Å². The van der Waals surface area contributed by atoms with Gasteiger partial charge in [-0.25, -0.2) is 0 Å². The minimum absolute atomic E-state index is 0.0198. The van der Waals surface area contributed by atoms with Crippen molar-refractivity contribution >= 4 is 0 Å². The minimum Gasteiger partial charge on any atom is -0.493 e. The number of hydrogen-bond acceptors (Lipinski definition) is 4. The summed E-state index contributed by atoms with van der Waals surface area (Å²) in [6.07, 6.45) is 1.34. The number of fused-ring (bicyclic) bond motifs is 1. The Morgan fingerprint density at radius 2 is 2.00 bits per heavy atom. The highest BCUT2D eigenvalue weighted by atomic mass is 16.5. The van der Waals surface area contributed by atoms with Gasteiger partial charge < -0.3 is 20.1 Å². The van der Waals surface area contributed by atoms with Crippen LogP contribution in [0.3, 0.4) is 0 Å². The van der Waals surface area contributed by atoms with E-state index in [-0.39, 0.29) is 6.04 Å². The smallest absolute Gasteiger partial charge is 0.165 e. The van der Waals surface area contributed by atoms with Crippen LogP contribution in [-0.2, 0) is 0 Å². The molecule has 22 heavy (non-hydrogen) atoms. The first-order valence-corrected chi connectivity index (χ1v) is 8.36. The van der Waals surface area contributed by atoms with Gasteiger partial charge in [0.1, 0.15) is 0 Å². The molecule has 0 saturated carbocycles. The summed E-state index contributed by atoms with van der Waals surface area (Å²) in [6.45, 7) is 8.75. The van der Waals surface area contributed by atoms with Gasteiger partial charge in [-0.3, -0.25) is 0 Å². The van der Waals surface area contributed by atoms with Gasteiger partial charge in [0.05, 0.1) is 13.7 Å². The van der Waals surface area contributed by atoms with E-state index in [1.54, 1.807) is 7.11 Å². The highest BCUT2D eigenvalue weighted by Crippen LogP contribution is 2.40. The standard InChI is InChI=1S/C18H28N2O2/c1-12-7-13(2)9-20(8-12)10-14-11-22-18-15(17(14)19)5-4-6-16(18)21-3/h4-6,12-14,17H,7-11,19H2,1-3H3. The van der Waals surface area contributed by atoms with Crippen LogP contribution in [0.5, 0.6) is 11.5 Å². The highest BCUT2D eigenvalue weighted by Gasteiger charge is 2.33. The number of benzene rings is 1. The first kappa shape index (κ1) is 15.6. The Hall–Kier alpha value is -1.26. The lowest BCUT2D eigenvalue weighted by Crippen LogP contribution is -2.45. The number of nitrogens with two attached hydrogens (primary N) is 1. The second kappa shape index (κ2) is 6.47. The van der Waals surface area contributed by atoms with Crippen LogP contribution in [0, 0.1) is 17.8 Å². The molecule has 0 radical (unpaired) electrons. The van der Waals surface area contributed by atoms with Crippen molar-refractivity contribution in [1.82, 2.24) is 4.90 Å². The Morgan fingerprint density at radius 1 is 1.27 bits per heavy atom. The van der Waals surface area contributed by atoms with Crippen LogP contribution in [0.1, 0.15) is 31.9 Å². The lowest BCUT2D eigenvalue weighted by molar-refractivity contribution is 0.0871. The van der Waals surface area contributed by atoms with Crippen LogP contribution in [-0.4, -0.2) is 38.3 Å². The molecule has 3 rings (SSSR count).